The summed E-state index contributed by atoms with van der Waals surface area (Å²) in [6.45, 7) is 7.33. The summed E-state index contributed by atoms with van der Waals surface area (Å²) in [6.07, 6.45) is 11.5. The van der Waals surface area contributed by atoms with Gasteiger partial charge in [-0.1, -0.05) is 33.1 Å². The van der Waals surface area contributed by atoms with E-state index in [9.17, 15) is 0 Å². The quantitative estimate of drug-likeness (QED) is 0.705. The van der Waals surface area contributed by atoms with E-state index in [2.05, 4.69) is 26.1 Å². The molecule has 94 valence electrons. The molecule has 0 spiro atoms. The fourth-order valence-corrected chi connectivity index (χ4v) is 3.92. The molecule has 0 aromatic rings. The van der Waals surface area contributed by atoms with Crippen molar-refractivity contribution in [3.05, 3.63) is 0 Å². The van der Waals surface area contributed by atoms with Crippen LogP contribution in [0.15, 0.2) is 0 Å². The molecular formula is C15H29N. The Morgan fingerprint density at radius 2 is 1.69 bits per heavy atom. The van der Waals surface area contributed by atoms with Crippen LogP contribution >= 0.6 is 0 Å². The van der Waals surface area contributed by atoms with Gasteiger partial charge in [0.25, 0.3) is 0 Å². The Morgan fingerprint density at radius 3 is 2.38 bits per heavy atom. The number of hydrogen-bond acceptors (Lipinski definition) is 1. The van der Waals surface area contributed by atoms with Gasteiger partial charge < -0.3 is 5.32 Å². The fourth-order valence-electron chi connectivity index (χ4n) is 3.92. The largest absolute Gasteiger partial charge is 0.311 e. The van der Waals surface area contributed by atoms with Crippen molar-refractivity contribution < 1.29 is 0 Å². The molecule has 1 nitrogen and oxygen atoms in total. The molecule has 1 aliphatic carbocycles. The van der Waals surface area contributed by atoms with Crippen LogP contribution in [-0.4, -0.2) is 12.1 Å². The van der Waals surface area contributed by atoms with Gasteiger partial charge in [-0.25, -0.2) is 0 Å². The Morgan fingerprint density at radius 1 is 1.00 bits per heavy atom. The smallest absolute Gasteiger partial charge is 0.0123 e. The second-order valence-corrected chi connectivity index (χ2v) is 6.75. The van der Waals surface area contributed by atoms with Gasteiger partial charge in [-0.05, 0) is 50.4 Å². The molecule has 0 amide bonds. The molecule has 2 rings (SSSR count). The summed E-state index contributed by atoms with van der Waals surface area (Å²) in [7, 11) is 0. The Hall–Kier alpha value is -0.0400. The first-order chi connectivity index (χ1) is 7.60. The summed E-state index contributed by atoms with van der Waals surface area (Å²) in [5, 5.41) is 3.92. The number of hydrogen-bond donors (Lipinski definition) is 1. The highest BCUT2D eigenvalue weighted by atomic mass is 15.0. The van der Waals surface area contributed by atoms with Gasteiger partial charge in [0.1, 0.15) is 0 Å². The summed E-state index contributed by atoms with van der Waals surface area (Å²) in [5.74, 6) is 0.916. The van der Waals surface area contributed by atoms with Crippen LogP contribution in [0.4, 0.5) is 0 Å². The van der Waals surface area contributed by atoms with Gasteiger partial charge in [0.15, 0.2) is 0 Å². The van der Waals surface area contributed by atoms with Crippen molar-refractivity contribution in [1.29, 1.82) is 0 Å². The summed E-state index contributed by atoms with van der Waals surface area (Å²) >= 11 is 0. The van der Waals surface area contributed by atoms with Crippen LogP contribution in [0.25, 0.3) is 0 Å². The van der Waals surface area contributed by atoms with Crippen molar-refractivity contribution >= 4 is 0 Å². The fraction of sp³-hybridized carbons (Fsp3) is 1.00. The first-order valence-electron chi connectivity index (χ1n) is 7.36. The molecule has 3 unspecified atom stereocenters. The third kappa shape index (κ3) is 2.80. The highest BCUT2D eigenvalue weighted by Crippen LogP contribution is 2.41. The van der Waals surface area contributed by atoms with E-state index in [1.165, 1.54) is 51.4 Å². The van der Waals surface area contributed by atoms with Crippen molar-refractivity contribution in [1.82, 2.24) is 5.32 Å². The third-order valence-electron chi connectivity index (χ3n) is 5.03. The standard InChI is InChI=1S/C15H29N/c1-12-7-8-14(16-13(2)11-12)15(3)9-5-4-6-10-15/h12-14,16H,4-11H2,1-3H3. The second kappa shape index (κ2) is 5.08. The minimum absolute atomic E-state index is 0.594. The molecule has 0 aromatic heterocycles. The van der Waals surface area contributed by atoms with Crippen molar-refractivity contribution in [2.75, 3.05) is 0 Å². The highest BCUT2D eigenvalue weighted by molar-refractivity contribution is 4.93. The van der Waals surface area contributed by atoms with Gasteiger partial charge in [0.2, 0.25) is 0 Å². The van der Waals surface area contributed by atoms with E-state index < -0.39 is 0 Å². The zero-order valence-electron chi connectivity index (χ0n) is 11.4. The number of rotatable bonds is 1. The number of nitrogens with one attached hydrogen (secondary N) is 1. The van der Waals surface area contributed by atoms with Gasteiger partial charge in [0, 0.05) is 12.1 Å². The zero-order valence-corrected chi connectivity index (χ0v) is 11.4. The molecule has 1 saturated carbocycles. The predicted molar refractivity (Wildman–Crippen MR) is 70.6 cm³/mol. The van der Waals surface area contributed by atoms with Crippen LogP contribution in [0.5, 0.6) is 0 Å². The van der Waals surface area contributed by atoms with Crippen molar-refractivity contribution in [2.24, 2.45) is 11.3 Å². The van der Waals surface area contributed by atoms with Crippen molar-refractivity contribution in [2.45, 2.75) is 84.2 Å². The first kappa shape index (κ1) is 12.4. The predicted octanol–water partition coefficient (Wildman–Crippen LogP) is 4.12. The van der Waals surface area contributed by atoms with Gasteiger partial charge in [0.05, 0.1) is 0 Å². The van der Waals surface area contributed by atoms with E-state index in [4.69, 9.17) is 0 Å². The lowest BCUT2D eigenvalue weighted by molar-refractivity contribution is 0.134. The molecule has 1 heteroatoms. The Labute approximate surface area is 101 Å². The molecule has 0 radical (unpaired) electrons. The van der Waals surface area contributed by atoms with E-state index in [1.807, 2.05) is 0 Å². The maximum atomic E-state index is 3.92. The third-order valence-corrected chi connectivity index (χ3v) is 5.03. The molecular weight excluding hydrogens is 194 g/mol. The topological polar surface area (TPSA) is 12.0 Å². The van der Waals surface area contributed by atoms with Crippen molar-refractivity contribution in [3.63, 3.8) is 0 Å². The summed E-state index contributed by atoms with van der Waals surface area (Å²) in [6, 6.07) is 1.51. The van der Waals surface area contributed by atoms with E-state index in [0.717, 1.165) is 18.0 Å². The Kier molecular flexibility index (Phi) is 3.94. The van der Waals surface area contributed by atoms with Gasteiger partial charge in [-0.15, -0.1) is 0 Å². The average Bonchev–Trinajstić information content (AvgIpc) is 2.41. The molecule has 1 saturated heterocycles. The monoisotopic (exact) mass is 223 g/mol. The van der Waals surface area contributed by atoms with Crippen LogP contribution < -0.4 is 5.32 Å². The van der Waals surface area contributed by atoms with E-state index in [1.54, 1.807) is 0 Å². The van der Waals surface area contributed by atoms with Crippen LogP contribution in [0.3, 0.4) is 0 Å². The summed E-state index contributed by atoms with van der Waals surface area (Å²) < 4.78 is 0. The lowest BCUT2D eigenvalue weighted by Gasteiger charge is -2.42. The molecule has 2 aliphatic rings. The van der Waals surface area contributed by atoms with Crippen LogP contribution in [-0.2, 0) is 0 Å². The minimum Gasteiger partial charge on any atom is -0.311 e. The molecule has 1 heterocycles. The van der Waals surface area contributed by atoms with Crippen LogP contribution in [0.2, 0.25) is 0 Å². The second-order valence-electron chi connectivity index (χ2n) is 6.75. The lowest BCUT2D eigenvalue weighted by atomic mass is 9.69. The molecule has 1 aliphatic heterocycles. The van der Waals surface area contributed by atoms with Gasteiger partial charge >= 0.3 is 0 Å². The average molecular weight is 223 g/mol. The van der Waals surface area contributed by atoms with E-state index in [-0.39, 0.29) is 0 Å². The molecule has 2 fully saturated rings. The molecule has 16 heavy (non-hydrogen) atoms. The highest BCUT2D eigenvalue weighted by Gasteiger charge is 2.37. The maximum Gasteiger partial charge on any atom is 0.0123 e. The lowest BCUT2D eigenvalue weighted by Crippen LogP contribution is -2.47. The van der Waals surface area contributed by atoms with E-state index >= 15 is 0 Å². The first-order valence-corrected chi connectivity index (χ1v) is 7.36. The Balaban J connectivity index is 2.01. The van der Waals surface area contributed by atoms with Crippen LogP contribution in [0.1, 0.15) is 72.1 Å². The minimum atomic E-state index is 0.594. The molecule has 0 aromatic carbocycles. The maximum absolute atomic E-state index is 3.92. The zero-order chi connectivity index (χ0) is 11.6. The van der Waals surface area contributed by atoms with Crippen LogP contribution in [0, 0.1) is 11.3 Å². The normalized spacial score (nSPS) is 40.3. The summed E-state index contributed by atoms with van der Waals surface area (Å²) in [5.41, 5.74) is 0.594. The summed E-state index contributed by atoms with van der Waals surface area (Å²) in [4.78, 5) is 0. The van der Waals surface area contributed by atoms with Crippen molar-refractivity contribution in [3.8, 4) is 0 Å². The Bertz CT molecular complexity index is 217. The molecule has 0 bridgehead atoms. The molecule has 1 N–H and O–H groups in total. The SMILES string of the molecule is CC1CCC(C2(C)CCCCC2)NC(C)C1. The van der Waals surface area contributed by atoms with E-state index in [0.29, 0.717) is 5.41 Å². The molecule has 3 atom stereocenters. The van der Waals surface area contributed by atoms with Gasteiger partial charge in [-0.2, -0.15) is 0 Å². The van der Waals surface area contributed by atoms with Gasteiger partial charge in [-0.3, -0.25) is 0 Å².